The fraction of sp³-hybridized carbons (Fsp3) is 0.500. The van der Waals surface area contributed by atoms with Crippen molar-refractivity contribution in [2.24, 2.45) is 5.92 Å². The Morgan fingerprint density at radius 1 is 1.17 bits per heavy atom. The highest BCUT2D eigenvalue weighted by Gasteiger charge is 2.35. The molecule has 2 aliphatic heterocycles. The summed E-state index contributed by atoms with van der Waals surface area (Å²) >= 11 is 1.67. The number of fused-ring (bicyclic) bond motifs is 1. The number of rotatable bonds is 9. The van der Waals surface area contributed by atoms with E-state index in [-0.39, 0.29) is 24.2 Å². The highest BCUT2D eigenvalue weighted by Crippen LogP contribution is 2.30. The summed E-state index contributed by atoms with van der Waals surface area (Å²) in [7, 11) is 0. The minimum absolute atomic E-state index is 0.0136. The lowest BCUT2D eigenvalue weighted by Crippen LogP contribution is -2.35. The first-order valence-corrected chi connectivity index (χ1v) is 13.8. The van der Waals surface area contributed by atoms with E-state index < -0.39 is 0 Å². The molecule has 1 aromatic carbocycles. The van der Waals surface area contributed by atoms with Gasteiger partial charge in [-0.25, -0.2) is 14.6 Å². The van der Waals surface area contributed by atoms with E-state index in [4.69, 9.17) is 9.97 Å². The van der Waals surface area contributed by atoms with Gasteiger partial charge in [0.15, 0.2) is 10.8 Å². The molecule has 2 aromatic heterocycles. The number of anilines is 2. The highest BCUT2D eigenvalue weighted by atomic mass is 32.2. The number of carbonyl (C=O) groups is 2. The molecule has 2 amide bonds. The third-order valence-corrected chi connectivity index (χ3v) is 7.81. The summed E-state index contributed by atoms with van der Waals surface area (Å²) in [5, 5.41) is 9.32. The molecular weight excluding hydrogens is 474 g/mol. The molecule has 2 saturated heterocycles. The number of aromatic nitrogens is 4. The lowest BCUT2D eigenvalue weighted by molar-refractivity contribution is -0.126. The zero-order valence-electron chi connectivity index (χ0n) is 20.9. The molecule has 1 atom stereocenters. The molecule has 190 valence electrons. The molecule has 0 bridgehead atoms. The van der Waals surface area contributed by atoms with Crippen LogP contribution in [0.25, 0.3) is 11.0 Å². The molecule has 0 spiro atoms. The van der Waals surface area contributed by atoms with Gasteiger partial charge in [-0.05, 0) is 38.3 Å². The number of carbonyl (C=O) groups excluding carboxylic acids is 2. The van der Waals surface area contributed by atoms with Crippen molar-refractivity contribution in [1.82, 2.24) is 25.1 Å². The van der Waals surface area contributed by atoms with Gasteiger partial charge in [0, 0.05) is 44.0 Å². The van der Waals surface area contributed by atoms with Gasteiger partial charge in [-0.2, -0.15) is 5.10 Å². The summed E-state index contributed by atoms with van der Waals surface area (Å²) in [6.45, 7) is 7.51. The number of benzene rings is 1. The molecule has 2 fully saturated rings. The van der Waals surface area contributed by atoms with Gasteiger partial charge in [-0.15, -0.1) is 0 Å². The lowest BCUT2D eigenvalue weighted by Gasteiger charge is -2.18. The maximum Gasteiger partial charge on any atom is 0.227 e. The van der Waals surface area contributed by atoms with Crippen molar-refractivity contribution >= 4 is 46.1 Å². The van der Waals surface area contributed by atoms with Crippen molar-refractivity contribution in [3.8, 4) is 0 Å². The van der Waals surface area contributed by atoms with E-state index in [1.54, 1.807) is 16.7 Å². The Hall–Kier alpha value is -3.14. The Kier molecular flexibility index (Phi) is 7.41. The monoisotopic (exact) mass is 507 g/mol. The van der Waals surface area contributed by atoms with Gasteiger partial charge in [-0.1, -0.05) is 36.4 Å². The molecular formula is C26H33N7O2S. The summed E-state index contributed by atoms with van der Waals surface area (Å²) in [6.07, 6.45) is 5.48. The van der Waals surface area contributed by atoms with Crippen LogP contribution in [-0.4, -0.2) is 63.5 Å². The van der Waals surface area contributed by atoms with E-state index in [2.05, 4.69) is 22.2 Å². The second-order valence-corrected chi connectivity index (χ2v) is 10.6. The van der Waals surface area contributed by atoms with Gasteiger partial charge in [0.2, 0.25) is 11.8 Å². The molecule has 0 aliphatic carbocycles. The quantitative estimate of drug-likeness (QED) is 0.350. The number of hydrogen-bond acceptors (Lipinski definition) is 7. The van der Waals surface area contributed by atoms with E-state index in [0.29, 0.717) is 19.6 Å². The molecule has 10 heteroatoms. The summed E-state index contributed by atoms with van der Waals surface area (Å²) in [5.74, 6) is 1.47. The van der Waals surface area contributed by atoms with Gasteiger partial charge in [0.05, 0.1) is 24.0 Å². The number of aryl methyl sites for hydroxylation is 1. The Labute approximate surface area is 215 Å². The van der Waals surface area contributed by atoms with E-state index >= 15 is 0 Å². The van der Waals surface area contributed by atoms with Gasteiger partial charge in [-0.3, -0.25) is 9.59 Å². The van der Waals surface area contributed by atoms with Gasteiger partial charge in [0.25, 0.3) is 0 Å². The van der Waals surface area contributed by atoms with E-state index in [1.807, 2.05) is 42.1 Å². The van der Waals surface area contributed by atoms with Gasteiger partial charge in [0.1, 0.15) is 5.82 Å². The van der Waals surface area contributed by atoms with Crippen molar-refractivity contribution in [1.29, 1.82) is 0 Å². The van der Waals surface area contributed by atoms with Crippen LogP contribution < -0.4 is 15.1 Å². The average Bonchev–Trinajstić information content (AvgIpc) is 3.63. The third kappa shape index (κ3) is 5.18. The number of thioether (sulfide) groups is 1. The Morgan fingerprint density at radius 3 is 2.69 bits per heavy atom. The van der Waals surface area contributed by atoms with Crippen LogP contribution in [0.15, 0.2) is 35.6 Å². The van der Waals surface area contributed by atoms with Crippen LogP contribution >= 0.6 is 11.8 Å². The van der Waals surface area contributed by atoms with Crippen LogP contribution in [-0.2, 0) is 16.1 Å². The van der Waals surface area contributed by atoms with E-state index in [1.165, 1.54) is 12.8 Å². The largest absolute Gasteiger partial charge is 0.356 e. The number of nitrogens with one attached hydrogen (secondary N) is 1. The lowest BCUT2D eigenvalue weighted by atomic mass is 10.1. The smallest absolute Gasteiger partial charge is 0.227 e. The zero-order chi connectivity index (χ0) is 25.1. The molecule has 0 radical (unpaired) electrons. The second-order valence-electron chi connectivity index (χ2n) is 9.51. The molecule has 5 rings (SSSR count). The molecule has 36 heavy (non-hydrogen) atoms. The topological polar surface area (TPSA) is 96.2 Å². The third-order valence-electron chi connectivity index (χ3n) is 6.76. The van der Waals surface area contributed by atoms with Crippen LogP contribution in [0.5, 0.6) is 0 Å². The van der Waals surface area contributed by atoms with Gasteiger partial charge >= 0.3 is 0 Å². The van der Waals surface area contributed by atoms with Crippen molar-refractivity contribution in [2.45, 2.75) is 51.2 Å². The van der Waals surface area contributed by atoms with E-state index in [9.17, 15) is 9.59 Å². The van der Waals surface area contributed by atoms with Crippen LogP contribution in [0.1, 0.15) is 38.2 Å². The predicted octanol–water partition coefficient (Wildman–Crippen LogP) is 3.41. The molecule has 4 heterocycles. The summed E-state index contributed by atoms with van der Waals surface area (Å²) in [5.41, 5.74) is 2.79. The van der Waals surface area contributed by atoms with Crippen molar-refractivity contribution in [3.63, 3.8) is 0 Å². The molecule has 1 N–H and O–H groups in total. The molecule has 2 aliphatic rings. The highest BCUT2D eigenvalue weighted by molar-refractivity contribution is 7.99. The van der Waals surface area contributed by atoms with Crippen molar-refractivity contribution in [2.75, 3.05) is 41.7 Å². The van der Waals surface area contributed by atoms with Crippen molar-refractivity contribution < 1.29 is 9.59 Å². The van der Waals surface area contributed by atoms with Crippen LogP contribution in [0, 0.1) is 12.8 Å². The minimum atomic E-state index is -0.352. The summed E-state index contributed by atoms with van der Waals surface area (Å²) in [4.78, 5) is 39.1. The fourth-order valence-corrected chi connectivity index (χ4v) is 5.49. The fourth-order valence-electron chi connectivity index (χ4n) is 4.80. The number of hydrogen-bond donors (Lipinski definition) is 1. The standard InChI is InChI=1S/C26H33N7O2S/c1-3-14-36-26-29-23(31-11-4-5-12-31)21-16-28-33(24(21)30-26)13-10-27-25(35)19-15-22(34)32(17-19)20-8-6-18(2)7-9-20/h6-9,16,19H,3-5,10-15,17H2,1-2H3,(H,27,35). The first-order valence-electron chi connectivity index (χ1n) is 12.8. The average molecular weight is 508 g/mol. The second kappa shape index (κ2) is 10.9. The Balaban J connectivity index is 1.24. The Morgan fingerprint density at radius 2 is 1.94 bits per heavy atom. The first kappa shape index (κ1) is 24.5. The van der Waals surface area contributed by atoms with Crippen LogP contribution in [0.2, 0.25) is 0 Å². The Bertz CT molecular complexity index is 1240. The summed E-state index contributed by atoms with van der Waals surface area (Å²) < 4.78 is 1.85. The summed E-state index contributed by atoms with van der Waals surface area (Å²) in [6, 6.07) is 7.83. The SMILES string of the molecule is CCCSc1nc(N2CCCC2)c2cnn(CCNC(=O)C3CC(=O)N(c4ccc(C)cc4)C3)c2n1. The van der Waals surface area contributed by atoms with E-state index in [0.717, 1.165) is 58.5 Å². The predicted molar refractivity (Wildman–Crippen MR) is 142 cm³/mol. The molecule has 9 nitrogen and oxygen atoms in total. The normalized spacial score (nSPS) is 17.9. The van der Waals surface area contributed by atoms with Crippen LogP contribution in [0.4, 0.5) is 11.5 Å². The maximum absolute atomic E-state index is 12.9. The first-order chi connectivity index (χ1) is 17.5. The number of amides is 2. The number of nitrogens with zero attached hydrogens (tertiary/aromatic N) is 6. The zero-order valence-corrected chi connectivity index (χ0v) is 21.8. The molecule has 3 aromatic rings. The van der Waals surface area contributed by atoms with Crippen LogP contribution in [0.3, 0.4) is 0 Å². The minimum Gasteiger partial charge on any atom is -0.356 e. The van der Waals surface area contributed by atoms with Crippen molar-refractivity contribution in [3.05, 3.63) is 36.0 Å². The molecule has 1 unspecified atom stereocenters. The van der Waals surface area contributed by atoms with Gasteiger partial charge < -0.3 is 15.1 Å². The maximum atomic E-state index is 12.9. The molecule has 0 saturated carbocycles.